The summed E-state index contributed by atoms with van der Waals surface area (Å²) in [6.45, 7) is 12.0. The van der Waals surface area contributed by atoms with Gasteiger partial charge in [-0.25, -0.2) is 0 Å². The number of hydrogen-bond acceptors (Lipinski definition) is 5. The van der Waals surface area contributed by atoms with Gasteiger partial charge in [-0.15, -0.1) is 0 Å². The van der Waals surface area contributed by atoms with Gasteiger partial charge in [0.15, 0.2) is 21.9 Å². The zero-order valence-electron chi connectivity index (χ0n) is 15.7. The van der Waals surface area contributed by atoms with E-state index in [-0.39, 0.29) is 18.6 Å². The van der Waals surface area contributed by atoms with E-state index in [1.807, 2.05) is 6.07 Å². The molecule has 7 heteroatoms. The molecule has 0 aliphatic rings. The molecule has 0 atom stereocenters. The van der Waals surface area contributed by atoms with Crippen molar-refractivity contribution in [2.45, 2.75) is 45.5 Å². The Hall–Kier alpha value is -0.603. The molecular formula is C17H29BrO5Si. The molecule has 1 aromatic rings. The fraction of sp³-hybridized carbons (Fsp3) is 0.647. The predicted molar refractivity (Wildman–Crippen MR) is 101 cm³/mol. The minimum absolute atomic E-state index is 0.152. The third-order valence-corrected chi connectivity index (χ3v) is 9.54. The first-order valence-corrected chi connectivity index (χ1v) is 11.5. The monoisotopic (exact) mass is 420 g/mol. The summed E-state index contributed by atoms with van der Waals surface area (Å²) in [4.78, 5) is 0. The van der Waals surface area contributed by atoms with Crippen molar-refractivity contribution in [1.82, 2.24) is 0 Å². The first-order chi connectivity index (χ1) is 11.1. The van der Waals surface area contributed by atoms with Gasteiger partial charge < -0.3 is 23.4 Å². The van der Waals surface area contributed by atoms with Gasteiger partial charge in [0.25, 0.3) is 0 Å². The highest BCUT2D eigenvalue weighted by atomic mass is 79.9. The minimum atomic E-state index is -1.85. The summed E-state index contributed by atoms with van der Waals surface area (Å²) in [5.74, 6) is 1.32. The average molecular weight is 421 g/mol. The van der Waals surface area contributed by atoms with Crippen LogP contribution in [0.3, 0.4) is 0 Å². The smallest absolute Gasteiger partial charge is 0.192 e. The summed E-state index contributed by atoms with van der Waals surface area (Å²) < 4.78 is 28.3. The topological polar surface area (TPSA) is 46.2 Å². The van der Waals surface area contributed by atoms with Crippen LogP contribution < -0.4 is 9.47 Å². The highest BCUT2D eigenvalue weighted by molar-refractivity contribution is 9.10. The number of methoxy groups -OCH3 is 2. The largest absolute Gasteiger partial charge is 0.467 e. The Morgan fingerprint density at radius 2 is 1.58 bits per heavy atom. The Bertz CT molecular complexity index is 528. The third-order valence-electron chi connectivity index (χ3n) is 4.16. The van der Waals surface area contributed by atoms with Gasteiger partial charge in [-0.1, -0.05) is 20.8 Å². The minimum Gasteiger partial charge on any atom is -0.467 e. The Kier molecular flexibility index (Phi) is 8.21. The fourth-order valence-corrected chi connectivity index (χ4v) is 3.05. The summed E-state index contributed by atoms with van der Waals surface area (Å²) in [7, 11) is 1.32. The van der Waals surface area contributed by atoms with Crippen LogP contribution in [0, 0.1) is 0 Å². The summed E-state index contributed by atoms with van der Waals surface area (Å²) in [6, 6.07) is 3.74. The molecule has 24 heavy (non-hydrogen) atoms. The van der Waals surface area contributed by atoms with Gasteiger partial charge >= 0.3 is 0 Å². The molecule has 0 radical (unpaired) electrons. The molecule has 0 saturated heterocycles. The van der Waals surface area contributed by atoms with Crippen LogP contribution in [0.25, 0.3) is 0 Å². The van der Waals surface area contributed by atoms with Gasteiger partial charge in [0.05, 0.1) is 11.1 Å². The molecule has 1 aromatic carbocycles. The van der Waals surface area contributed by atoms with E-state index in [0.29, 0.717) is 18.1 Å². The first-order valence-electron chi connectivity index (χ1n) is 7.82. The molecule has 0 spiro atoms. The van der Waals surface area contributed by atoms with Gasteiger partial charge in [-0.05, 0) is 45.7 Å². The maximum Gasteiger partial charge on any atom is 0.192 e. The molecule has 0 amide bonds. The van der Waals surface area contributed by atoms with Gasteiger partial charge in [0, 0.05) is 20.3 Å². The molecule has 5 nitrogen and oxygen atoms in total. The zero-order chi connectivity index (χ0) is 18.4. The van der Waals surface area contributed by atoms with E-state index >= 15 is 0 Å². The third kappa shape index (κ3) is 6.04. The molecule has 0 unspecified atom stereocenters. The first kappa shape index (κ1) is 21.4. The van der Waals surface area contributed by atoms with E-state index < -0.39 is 8.32 Å². The van der Waals surface area contributed by atoms with E-state index in [4.69, 9.17) is 23.4 Å². The maximum atomic E-state index is 6.32. The lowest BCUT2D eigenvalue weighted by Crippen LogP contribution is -2.40. The second-order valence-electron chi connectivity index (χ2n) is 7.05. The Balaban J connectivity index is 3.02. The van der Waals surface area contributed by atoms with Gasteiger partial charge in [0.2, 0.25) is 0 Å². The Labute approximate surface area is 154 Å². The average Bonchev–Trinajstić information content (AvgIpc) is 2.50. The van der Waals surface area contributed by atoms with Gasteiger partial charge in [-0.3, -0.25) is 0 Å². The standard InChI is InChI=1S/C17H29BrO5Si/c1-17(2,3)24(6,7)23-10-13-8-14(21-11-19-4)9-15(16(13)18)22-12-20-5/h8-9H,10-12H2,1-7H3. The molecule has 0 heterocycles. The quantitative estimate of drug-likeness (QED) is 0.418. The number of rotatable bonds is 9. The highest BCUT2D eigenvalue weighted by Crippen LogP contribution is 2.39. The van der Waals surface area contributed by atoms with Crippen molar-refractivity contribution in [2.75, 3.05) is 27.8 Å². The molecule has 0 fully saturated rings. The molecular weight excluding hydrogens is 392 g/mol. The molecule has 0 N–H and O–H groups in total. The van der Waals surface area contributed by atoms with Crippen molar-refractivity contribution in [2.24, 2.45) is 0 Å². The van der Waals surface area contributed by atoms with E-state index in [2.05, 4.69) is 49.8 Å². The molecule has 0 bridgehead atoms. The second-order valence-corrected chi connectivity index (χ2v) is 12.6. The van der Waals surface area contributed by atoms with Crippen molar-refractivity contribution in [3.63, 3.8) is 0 Å². The van der Waals surface area contributed by atoms with Crippen LogP contribution in [0.15, 0.2) is 16.6 Å². The summed E-state index contributed by atoms with van der Waals surface area (Å²) in [6.07, 6.45) is 0. The van der Waals surface area contributed by atoms with Crippen LogP contribution in [0.5, 0.6) is 11.5 Å². The lowest BCUT2D eigenvalue weighted by molar-refractivity contribution is 0.0454. The van der Waals surface area contributed by atoms with Crippen LogP contribution >= 0.6 is 15.9 Å². The van der Waals surface area contributed by atoms with Crippen LogP contribution in [0.4, 0.5) is 0 Å². The van der Waals surface area contributed by atoms with Crippen molar-refractivity contribution in [3.8, 4) is 11.5 Å². The van der Waals surface area contributed by atoms with E-state index in [0.717, 1.165) is 10.0 Å². The number of benzene rings is 1. The number of ether oxygens (including phenoxy) is 4. The summed E-state index contributed by atoms with van der Waals surface area (Å²) in [5.41, 5.74) is 0.972. The maximum absolute atomic E-state index is 6.32. The van der Waals surface area contributed by atoms with Crippen LogP contribution in [0.1, 0.15) is 26.3 Å². The lowest BCUT2D eigenvalue weighted by Gasteiger charge is -2.36. The molecule has 0 saturated carbocycles. The van der Waals surface area contributed by atoms with E-state index in [9.17, 15) is 0 Å². The molecule has 0 aliphatic heterocycles. The predicted octanol–water partition coefficient (Wildman–Crippen LogP) is 4.94. The summed E-state index contributed by atoms with van der Waals surface area (Å²) >= 11 is 3.60. The van der Waals surface area contributed by atoms with Gasteiger partial charge in [-0.2, -0.15) is 0 Å². The number of halogens is 1. The van der Waals surface area contributed by atoms with E-state index in [1.54, 1.807) is 20.3 Å². The number of hydrogen-bond donors (Lipinski definition) is 0. The van der Waals surface area contributed by atoms with Crippen molar-refractivity contribution < 1.29 is 23.4 Å². The van der Waals surface area contributed by atoms with Crippen LogP contribution in [-0.2, 0) is 20.5 Å². The van der Waals surface area contributed by atoms with Crippen LogP contribution in [-0.4, -0.2) is 36.1 Å². The second kappa shape index (κ2) is 9.19. The lowest BCUT2D eigenvalue weighted by atomic mass is 10.2. The molecule has 0 aromatic heterocycles. The molecule has 0 aliphatic carbocycles. The van der Waals surface area contributed by atoms with Crippen LogP contribution in [0.2, 0.25) is 18.1 Å². The zero-order valence-corrected chi connectivity index (χ0v) is 18.3. The Morgan fingerprint density at radius 3 is 2.12 bits per heavy atom. The molecule has 1 rings (SSSR count). The van der Waals surface area contributed by atoms with Crippen molar-refractivity contribution in [1.29, 1.82) is 0 Å². The van der Waals surface area contributed by atoms with E-state index in [1.165, 1.54) is 0 Å². The Morgan fingerprint density at radius 1 is 1.00 bits per heavy atom. The fourth-order valence-electron chi connectivity index (χ4n) is 1.65. The summed E-state index contributed by atoms with van der Waals surface area (Å²) in [5, 5.41) is 0.152. The normalized spacial score (nSPS) is 12.3. The molecule has 138 valence electrons. The highest BCUT2D eigenvalue weighted by Gasteiger charge is 2.37. The van der Waals surface area contributed by atoms with Crippen molar-refractivity contribution in [3.05, 3.63) is 22.2 Å². The van der Waals surface area contributed by atoms with Gasteiger partial charge in [0.1, 0.15) is 11.5 Å². The SMILES string of the molecule is COCOc1cc(CO[Si](C)(C)C(C)(C)C)c(Br)c(OCOC)c1. The van der Waals surface area contributed by atoms with Crippen molar-refractivity contribution >= 4 is 24.2 Å².